The van der Waals surface area contributed by atoms with Gasteiger partial charge in [-0.15, -0.1) is 0 Å². The van der Waals surface area contributed by atoms with Crippen LogP contribution in [-0.4, -0.2) is 24.6 Å². The number of rotatable bonds is 3. The molecule has 0 saturated carbocycles. The van der Waals surface area contributed by atoms with Crippen molar-refractivity contribution in [1.29, 1.82) is 0 Å². The summed E-state index contributed by atoms with van der Waals surface area (Å²) in [7, 11) is 1.55. The maximum atomic E-state index is 12.0. The van der Waals surface area contributed by atoms with Crippen molar-refractivity contribution in [3.63, 3.8) is 0 Å². The Hall–Kier alpha value is -1.89. The Balaban J connectivity index is 2.12. The van der Waals surface area contributed by atoms with E-state index in [0.717, 1.165) is 4.47 Å². The second-order valence-electron chi connectivity index (χ2n) is 3.89. The summed E-state index contributed by atoms with van der Waals surface area (Å²) in [5.41, 5.74) is 3.18. The molecule has 2 rings (SSSR count). The van der Waals surface area contributed by atoms with Crippen molar-refractivity contribution in [2.75, 3.05) is 12.4 Å². The van der Waals surface area contributed by atoms with E-state index in [1.54, 1.807) is 25.3 Å². The third-order valence-corrected chi connectivity index (χ3v) is 3.28. The topological polar surface area (TPSA) is 79.8 Å². The predicted octanol–water partition coefficient (Wildman–Crippen LogP) is 1.66. The lowest BCUT2D eigenvalue weighted by Gasteiger charge is -2.13. The molecule has 0 bridgehead atoms. The largest absolute Gasteiger partial charge is 0.497 e. The minimum Gasteiger partial charge on any atom is -0.497 e. The molecule has 1 aliphatic heterocycles. The normalized spacial score (nSPS) is 14.4. The minimum absolute atomic E-state index is 0.181. The van der Waals surface area contributed by atoms with Crippen LogP contribution in [0.4, 0.5) is 5.69 Å². The van der Waals surface area contributed by atoms with Gasteiger partial charge in [-0.3, -0.25) is 9.59 Å². The van der Waals surface area contributed by atoms with Crippen molar-refractivity contribution in [2.24, 2.45) is 5.10 Å². The number of hydrogen-bond donors (Lipinski definition) is 2. The van der Waals surface area contributed by atoms with Gasteiger partial charge in [-0.25, -0.2) is 5.43 Å². The number of benzene rings is 1. The Bertz CT molecular complexity index is 557. The van der Waals surface area contributed by atoms with Gasteiger partial charge in [-0.05, 0) is 28.1 Å². The van der Waals surface area contributed by atoms with Crippen LogP contribution in [0.15, 0.2) is 27.8 Å². The summed E-state index contributed by atoms with van der Waals surface area (Å²) in [5.74, 6) is 0.116. The van der Waals surface area contributed by atoms with Crippen molar-refractivity contribution in [3.05, 3.63) is 22.7 Å². The standard InChI is InChI=1S/C12H12BrN3O3/c1-19-7-2-3-8(13)10(6-7)14-12(18)9-4-5-11(17)16-15-9/h2-3,6H,4-5H2,1H3,(H,14,18)(H,16,17). The molecular formula is C12H12BrN3O3. The highest BCUT2D eigenvalue weighted by Gasteiger charge is 2.19. The van der Waals surface area contributed by atoms with Crippen LogP contribution in [0.1, 0.15) is 12.8 Å². The summed E-state index contributed by atoms with van der Waals surface area (Å²) < 4.78 is 5.83. The molecule has 0 spiro atoms. The Kier molecular flexibility index (Phi) is 4.16. The highest BCUT2D eigenvalue weighted by molar-refractivity contribution is 9.10. The van der Waals surface area contributed by atoms with E-state index in [0.29, 0.717) is 23.6 Å². The summed E-state index contributed by atoms with van der Waals surface area (Å²) in [5, 5.41) is 6.46. The first-order chi connectivity index (χ1) is 9.10. The quantitative estimate of drug-likeness (QED) is 0.887. The number of carbonyl (C=O) groups excluding carboxylic acids is 2. The molecule has 1 aromatic rings. The van der Waals surface area contributed by atoms with Crippen LogP contribution in [-0.2, 0) is 9.59 Å². The molecule has 0 aromatic heterocycles. The molecule has 6 nitrogen and oxygen atoms in total. The Morgan fingerprint density at radius 1 is 1.47 bits per heavy atom. The molecule has 100 valence electrons. The van der Waals surface area contributed by atoms with E-state index in [1.165, 1.54) is 0 Å². The molecule has 2 N–H and O–H groups in total. The highest BCUT2D eigenvalue weighted by Crippen LogP contribution is 2.27. The molecule has 19 heavy (non-hydrogen) atoms. The van der Waals surface area contributed by atoms with Gasteiger partial charge in [0.1, 0.15) is 11.5 Å². The second-order valence-corrected chi connectivity index (χ2v) is 4.75. The molecule has 1 aromatic carbocycles. The first-order valence-electron chi connectivity index (χ1n) is 5.60. The Labute approximate surface area is 118 Å². The third kappa shape index (κ3) is 3.31. The van der Waals surface area contributed by atoms with Gasteiger partial charge >= 0.3 is 0 Å². The zero-order valence-electron chi connectivity index (χ0n) is 10.2. The molecule has 0 aliphatic carbocycles. The van der Waals surface area contributed by atoms with Crippen molar-refractivity contribution in [1.82, 2.24) is 5.43 Å². The fourth-order valence-corrected chi connectivity index (χ4v) is 1.91. The molecule has 1 aliphatic rings. The molecule has 0 saturated heterocycles. The van der Waals surface area contributed by atoms with Crippen molar-refractivity contribution in [2.45, 2.75) is 12.8 Å². The van der Waals surface area contributed by atoms with E-state index in [1.807, 2.05) is 0 Å². The van der Waals surface area contributed by atoms with Gasteiger partial charge in [0.05, 0.1) is 12.8 Å². The number of nitrogens with one attached hydrogen (secondary N) is 2. The van der Waals surface area contributed by atoms with Gasteiger partial charge in [-0.1, -0.05) is 0 Å². The molecule has 1 heterocycles. The number of carbonyl (C=O) groups is 2. The summed E-state index contributed by atoms with van der Waals surface area (Å²) in [6.07, 6.45) is 0.602. The zero-order chi connectivity index (χ0) is 13.8. The van der Waals surface area contributed by atoms with Gasteiger partial charge < -0.3 is 10.1 Å². The lowest BCUT2D eigenvalue weighted by atomic mass is 10.1. The van der Waals surface area contributed by atoms with Crippen LogP contribution >= 0.6 is 15.9 Å². The summed E-state index contributed by atoms with van der Waals surface area (Å²) in [4.78, 5) is 22.9. The zero-order valence-corrected chi connectivity index (χ0v) is 11.8. The van der Waals surface area contributed by atoms with E-state index < -0.39 is 0 Å². The molecule has 2 amide bonds. The number of amides is 2. The predicted molar refractivity (Wildman–Crippen MR) is 74.1 cm³/mol. The molecule has 0 fully saturated rings. The van der Waals surface area contributed by atoms with Crippen molar-refractivity contribution < 1.29 is 14.3 Å². The van der Waals surface area contributed by atoms with E-state index >= 15 is 0 Å². The van der Waals surface area contributed by atoms with Crippen LogP contribution in [0.3, 0.4) is 0 Å². The molecule has 0 unspecified atom stereocenters. The SMILES string of the molecule is COc1ccc(Br)c(NC(=O)C2=NNC(=O)CC2)c1. The van der Waals surface area contributed by atoms with E-state index in [-0.39, 0.29) is 18.2 Å². The van der Waals surface area contributed by atoms with Crippen molar-refractivity contribution in [3.8, 4) is 5.75 Å². The van der Waals surface area contributed by atoms with Gasteiger partial charge in [-0.2, -0.15) is 5.10 Å². The molecular weight excluding hydrogens is 314 g/mol. The fourth-order valence-electron chi connectivity index (χ4n) is 1.56. The second kappa shape index (κ2) is 5.83. The smallest absolute Gasteiger partial charge is 0.271 e. The fraction of sp³-hybridized carbons (Fsp3) is 0.250. The lowest BCUT2D eigenvalue weighted by Crippen LogP contribution is -2.32. The van der Waals surface area contributed by atoms with E-state index in [9.17, 15) is 9.59 Å². The number of hydrogen-bond acceptors (Lipinski definition) is 4. The molecule has 0 radical (unpaired) electrons. The van der Waals surface area contributed by atoms with Gasteiger partial charge in [0.2, 0.25) is 5.91 Å². The van der Waals surface area contributed by atoms with Crippen LogP contribution in [0.5, 0.6) is 5.75 Å². The van der Waals surface area contributed by atoms with Gasteiger partial charge in [0.25, 0.3) is 5.91 Å². The number of methoxy groups -OCH3 is 1. The maximum Gasteiger partial charge on any atom is 0.271 e. The first-order valence-corrected chi connectivity index (χ1v) is 6.39. The number of hydrazone groups is 1. The summed E-state index contributed by atoms with van der Waals surface area (Å²) in [6.45, 7) is 0. The Morgan fingerprint density at radius 3 is 2.89 bits per heavy atom. The van der Waals surface area contributed by atoms with Crippen LogP contribution in [0.25, 0.3) is 0 Å². The average molecular weight is 326 g/mol. The van der Waals surface area contributed by atoms with Crippen LogP contribution in [0, 0.1) is 0 Å². The third-order valence-electron chi connectivity index (χ3n) is 2.59. The number of ether oxygens (including phenoxy) is 1. The molecule has 0 atom stereocenters. The van der Waals surface area contributed by atoms with Crippen molar-refractivity contribution >= 4 is 39.1 Å². The maximum absolute atomic E-state index is 12.0. The number of halogens is 1. The van der Waals surface area contributed by atoms with Gasteiger partial charge in [0.15, 0.2) is 0 Å². The lowest BCUT2D eigenvalue weighted by molar-refractivity contribution is -0.121. The van der Waals surface area contributed by atoms with Crippen LogP contribution in [0.2, 0.25) is 0 Å². The summed E-state index contributed by atoms with van der Waals surface area (Å²) >= 11 is 3.34. The Morgan fingerprint density at radius 2 is 2.26 bits per heavy atom. The average Bonchev–Trinajstić information content (AvgIpc) is 2.42. The number of nitrogens with zero attached hydrogens (tertiary/aromatic N) is 1. The minimum atomic E-state index is -0.339. The van der Waals surface area contributed by atoms with E-state index in [2.05, 4.69) is 31.8 Å². The van der Waals surface area contributed by atoms with E-state index in [4.69, 9.17) is 4.74 Å². The van der Waals surface area contributed by atoms with Gasteiger partial charge in [0, 0.05) is 23.4 Å². The first kappa shape index (κ1) is 13.5. The molecule has 7 heteroatoms. The van der Waals surface area contributed by atoms with Crippen LogP contribution < -0.4 is 15.5 Å². The highest BCUT2D eigenvalue weighted by atomic mass is 79.9. The number of anilines is 1. The monoisotopic (exact) mass is 325 g/mol. The summed E-state index contributed by atoms with van der Waals surface area (Å²) in [6, 6.07) is 5.25.